The van der Waals surface area contributed by atoms with Crippen molar-refractivity contribution in [2.24, 2.45) is 0 Å². The zero-order valence-electron chi connectivity index (χ0n) is 13.8. The van der Waals surface area contributed by atoms with E-state index in [1.54, 1.807) is 13.8 Å². The zero-order chi connectivity index (χ0) is 19.1. The van der Waals surface area contributed by atoms with Gasteiger partial charge in [0.1, 0.15) is 0 Å². The topological polar surface area (TPSA) is 88.0 Å². The number of alkyl halides is 3. The molecule has 0 radical (unpaired) electrons. The van der Waals surface area contributed by atoms with Crippen LogP contribution in [0.15, 0.2) is 12.3 Å². The number of aromatic amines is 1. The first kappa shape index (κ1) is 18.2. The Balaban J connectivity index is 1.79. The lowest BCUT2D eigenvalue weighted by Crippen LogP contribution is -2.26. The van der Waals surface area contributed by atoms with E-state index in [1.165, 1.54) is 0 Å². The van der Waals surface area contributed by atoms with Crippen LogP contribution in [0, 0.1) is 13.8 Å². The molecule has 0 bridgehead atoms. The van der Waals surface area contributed by atoms with Gasteiger partial charge in [0.25, 0.3) is 0 Å². The Hall–Kier alpha value is -2.62. The largest absolute Gasteiger partial charge is 0.417 e. The third-order valence-corrected chi connectivity index (χ3v) is 4.20. The van der Waals surface area contributed by atoms with Crippen LogP contribution < -0.4 is 5.32 Å². The zero-order valence-corrected chi connectivity index (χ0v) is 14.5. The summed E-state index contributed by atoms with van der Waals surface area (Å²) in [7, 11) is 0. The Kier molecular flexibility index (Phi) is 4.61. The van der Waals surface area contributed by atoms with Gasteiger partial charge in [-0.25, -0.2) is 0 Å². The Morgan fingerprint density at radius 2 is 2.08 bits per heavy atom. The van der Waals surface area contributed by atoms with Gasteiger partial charge in [0.2, 0.25) is 5.91 Å². The van der Waals surface area contributed by atoms with Gasteiger partial charge in [-0.2, -0.15) is 18.3 Å². The summed E-state index contributed by atoms with van der Waals surface area (Å²) in [5, 5.41) is 16.8. The molecule has 0 unspecified atom stereocenters. The van der Waals surface area contributed by atoms with Crippen LogP contribution in [-0.4, -0.2) is 30.7 Å². The van der Waals surface area contributed by atoms with Crippen LogP contribution in [0.1, 0.15) is 28.3 Å². The van der Waals surface area contributed by atoms with Crippen LogP contribution >= 0.6 is 11.6 Å². The molecule has 3 heterocycles. The molecule has 7 nitrogen and oxygen atoms in total. The van der Waals surface area contributed by atoms with Crippen LogP contribution in [0.5, 0.6) is 0 Å². The van der Waals surface area contributed by atoms with Crippen LogP contribution in [0.2, 0.25) is 5.02 Å². The first-order valence-electron chi connectivity index (χ1n) is 7.54. The quantitative estimate of drug-likeness (QED) is 0.721. The van der Waals surface area contributed by atoms with Crippen molar-refractivity contribution in [2.45, 2.75) is 33.0 Å². The molecular weight excluding hydrogens is 373 g/mol. The summed E-state index contributed by atoms with van der Waals surface area (Å²) < 4.78 is 40.0. The van der Waals surface area contributed by atoms with E-state index in [-0.39, 0.29) is 35.4 Å². The minimum atomic E-state index is -4.56. The van der Waals surface area contributed by atoms with Crippen molar-refractivity contribution >= 4 is 23.2 Å². The fourth-order valence-electron chi connectivity index (χ4n) is 2.51. The van der Waals surface area contributed by atoms with Gasteiger partial charge in [0, 0.05) is 17.5 Å². The van der Waals surface area contributed by atoms with Crippen LogP contribution in [0.4, 0.5) is 13.2 Å². The number of hydrogen-bond acceptors (Lipinski definition) is 4. The number of nitrogens with one attached hydrogen (secondary N) is 2. The molecule has 0 aliphatic rings. The van der Waals surface area contributed by atoms with Crippen molar-refractivity contribution in [1.82, 2.24) is 30.1 Å². The van der Waals surface area contributed by atoms with Gasteiger partial charge in [0.15, 0.2) is 11.5 Å². The number of pyridine rings is 1. The predicted octanol–water partition coefficient (Wildman–Crippen LogP) is 2.60. The lowest BCUT2D eigenvalue weighted by atomic mass is 10.1. The molecule has 3 aromatic heterocycles. The molecular formula is C15H14ClF3N6O. The Labute approximate surface area is 150 Å². The van der Waals surface area contributed by atoms with E-state index in [4.69, 9.17) is 11.6 Å². The molecule has 26 heavy (non-hydrogen) atoms. The van der Waals surface area contributed by atoms with Gasteiger partial charge in [-0.3, -0.25) is 14.3 Å². The smallest absolute Gasteiger partial charge is 0.348 e. The van der Waals surface area contributed by atoms with Crippen molar-refractivity contribution in [3.8, 4) is 0 Å². The standard InChI is InChI=1S/C15H14ClF3N6O/c1-7-10(8(2)22-21-7)4-13(26)20-5-12-23-24-14-11(16)3-9(6-25(12)14)15(17,18)19/h3,6H,4-5H2,1-2H3,(H,20,26)(H,21,22). The van der Waals surface area contributed by atoms with E-state index in [1.807, 2.05) is 0 Å². The number of fused-ring (bicyclic) bond motifs is 1. The third-order valence-electron chi connectivity index (χ3n) is 3.92. The van der Waals surface area contributed by atoms with Crippen molar-refractivity contribution in [3.05, 3.63) is 45.6 Å². The second kappa shape index (κ2) is 6.60. The van der Waals surface area contributed by atoms with E-state index in [9.17, 15) is 18.0 Å². The average Bonchev–Trinajstić information content (AvgIpc) is 3.10. The van der Waals surface area contributed by atoms with Crippen LogP contribution in [0.3, 0.4) is 0 Å². The molecule has 138 valence electrons. The number of amides is 1. The summed E-state index contributed by atoms with van der Waals surface area (Å²) in [6.07, 6.45) is -3.61. The van der Waals surface area contributed by atoms with E-state index < -0.39 is 11.7 Å². The third kappa shape index (κ3) is 3.50. The van der Waals surface area contributed by atoms with Gasteiger partial charge in [0.05, 0.1) is 29.2 Å². The molecule has 2 N–H and O–H groups in total. The highest BCUT2D eigenvalue weighted by Gasteiger charge is 2.32. The number of rotatable bonds is 4. The molecule has 0 spiro atoms. The first-order valence-corrected chi connectivity index (χ1v) is 7.92. The number of H-pyrrole nitrogens is 1. The van der Waals surface area contributed by atoms with Gasteiger partial charge < -0.3 is 5.32 Å². The first-order chi connectivity index (χ1) is 12.2. The van der Waals surface area contributed by atoms with Gasteiger partial charge in [-0.1, -0.05) is 11.6 Å². The summed E-state index contributed by atoms with van der Waals surface area (Å²) in [6, 6.07) is 0.790. The average molecular weight is 387 g/mol. The highest BCUT2D eigenvalue weighted by Crippen LogP contribution is 2.32. The fourth-order valence-corrected chi connectivity index (χ4v) is 2.76. The minimum absolute atomic E-state index is 0.0884. The lowest BCUT2D eigenvalue weighted by Gasteiger charge is -2.09. The highest BCUT2D eigenvalue weighted by molar-refractivity contribution is 6.33. The van der Waals surface area contributed by atoms with Crippen LogP contribution in [-0.2, 0) is 23.9 Å². The minimum Gasteiger partial charge on any atom is -0.348 e. The van der Waals surface area contributed by atoms with Gasteiger partial charge in [-0.05, 0) is 19.9 Å². The Morgan fingerprint density at radius 1 is 1.35 bits per heavy atom. The number of carbonyl (C=O) groups is 1. The molecule has 0 fully saturated rings. The molecule has 11 heteroatoms. The summed E-state index contributed by atoms with van der Waals surface area (Å²) >= 11 is 5.85. The lowest BCUT2D eigenvalue weighted by molar-refractivity contribution is -0.137. The van der Waals surface area contributed by atoms with Crippen LogP contribution in [0.25, 0.3) is 5.65 Å². The summed E-state index contributed by atoms with van der Waals surface area (Å²) in [5.74, 6) is -0.172. The van der Waals surface area contributed by atoms with Crippen molar-refractivity contribution in [3.63, 3.8) is 0 Å². The molecule has 3 rings (SSSR count). The molecule has 0 atom stereocenters. The summed E-state index contributed by atoms with van der Waals surface area (Å²) in [4.78, 5) is 12.1. The fraction of sp³-hybridized carbons (Fsp3) is 0.333. The Morgan fingerprint density at radius 3 is 2.69 bits per heavy atom. The van der Waals surface area contributed by atoms with Crippen molar-refractivity contribution < 1.29 is 18.0 Å². The maximum absolute atomic E-state index is 12.9. The molecule has 0 saturated heterocycles. The summed E-state index contributed by atoms with van der Waals surface area (Å²) in [6.45, 7) is 3.49. The number of carbonyl (C=O) groups excluding carboxylic acids is 1. The Bertz CT molecular complexity index is 958. The monoisotopic (exact) mass is 386 g/mol. The van der Waals surface area contributed by atoms with Crippen molar-refractivity contribution in [1.29, 1.82) is 0 Å². The van der Waals surface area contributed by atoms with E-state index in [2.05, 4.69) is 25.7 Å². The maximum Gasteiger partial charge on any atom is 0.417 e. The normalized spacial score (nSPS) is 11.9. The van der Waals surface area contributed by atoms with Gasteiger partial charge in [-0.15, -0.1) is 10.2 Å². The molecule has 3 aromatic rings. The number of aryl methyl sites for hydroxylation is 2. The number of aromatic nitrogens is 5. The van der Waals surface area contributed by atoms with E-state index in [0.29, 0.717) is 5.69 Å². The molecule has 0 saturated carbocycles. The van der Waals surface area contributed by atoms with Gasteiger partial charge >= 0.3 is 6.18 Å². The number of nitrogens with zero attached hydrogens (tertiary/aromatic N) is 4. The molecule has 1 amide bonds. The second-order valence-corrected chi connectivity index (χ2v) is 6.16. The second-order valence-electron chi connectivity index (χ2n) is 5.75. The number of hydrogen-bond donors (Lipinski definition) is 2. The van der Waals surface area contributed by atoms with Crippen molar-refractivity contribution in [2.75, 3.05) is 0 Å². The number of halogens is 4. The molecule has 0 aliphatic carbocycles. The summed E-state index contributed by atoms with van der Waals surface area (Å²) in [5.41, 5.74) is 1.44. The maximum atomic E-state index is 12.9. The highest BCUT2D eigenvalue weighted by atomic mass is 35.5. The SMILES string of the molecule is Cc1n[nH]c(C)c1CC(=O)NCc1nnc2c(Cl)cc(C(F)(F)F)cn12. The van der Waals surface area contributed by atoms with E-state index in [0.717, 1.165) is 27.9 Å². The van der Waals surface area contributed by atoms with E-state index >= 15 is 0 Å². The predicted molar refractivity (Wildman–Crippen MR) is 86.6 cm³/mol. The molecule has 0 aromatic carbocycles. The molecule has 0 aliphatic heterocycles.